The van der Waals surface area contributed by atoms with E-state index in [9.17, 15) is 24.3 Å². The highest BCUT2D eigenvalue weighted by atomic mass is 16.5. The number of nitrogens with one attached hydrogen (secondary N) is 1. The normalized spacial score (nSPS) is 15.5. The second-order valence-electron chi connectivity index (χ2n) is 8.65. The number of carbonyl (C=O) groups excluding carboxylic acids is 4. The number of unbranched alkanes of at least 4 members (excludes halogenated alkanes) is 7. The molecule has 5 N–H and O–H groups in total. The molecular formula is C25H37N3O7. The van der Waals surface area contributed by atoms with Gasteiger partial charge in [0.2, 0.25) is 11.8 Å². The molecule has 3 amide bonds. The van der Waals surface area contributed by atoms with Crippen LogP contribution in [0.2, 0.25) is 0 Å². The van der Waals surface area contributed by atoms with Gasteiger partial charge >= 0.3 is 0 Å². The summed E-state index contributed by atoms with van der Waals surface area (Å²) in [5.41, 5.74) is 6.03. The largest absolute Gasteiger partial charge is 0.493 e. The number of benzene rings is 1. The van der Waals surface area contributed by atoms with Crippen molar-refractivity contribution in [3.63, 3.8) is 0 Å². The van der Waals surface area contributed by atoms with Crippen LogP contribution < -0.4 is 15.8 Å². The number of aldehydes is 1. The van der Waals surface area contributed by atoms with Crippen molar-refractivity contribution in [1.29, 1.82) is 0 Å². The van der Waals surface area contributed by atoms with Crippen LogP contribution in [0.4, 0.5) is 0 Å². The van der Waals surface area contributed by atoms with Crippen molar-refractivity contribution in [2.45, 2.75) is 76.5 Å². The maximum atomic E-state index is 12.9. The van der Waals surface area contributed by atoms with Crippen molar-refractivity contribution in [2.75, 3.05) is 19.8 Å². The highest BCUT2D eigenvalue weighted by Gasteiger charge is 2.43. The van der Waals surface area contributed by atoms with Crippen LogP contribution in [-0.4, -0.2) is 64.9 Å². The maximum absolute atomic E-state index is 12.9. The molecule has 35 heavy (non-hydrogen) atoms. The molecule has 1 aliphatic heterocycles. The van der Waals surface area contributed by atoms with Crippen LogP contribution in [0, 0.1) is 0 Å². The Balaban J connectivity index is 1.73. The summed E-state index contributed by atoms with van der Waals surface area (Å²) in [6, 6.07) is 3.85. The van der Waals surface area contributed by atoms with E-state index < -0.39 is 30.7 Å². The number of fused-ring (bicyclic) bond motifs is 1. The topological polar surface area (TPSA) is 159 Å². The molecule has 0 aromatic heterocycles. The summed E-state index contributed by atoms with van der Waals surface area (Å²) < 4.78 is 5.87. The summed E-state index contributed by atoms with van der Waals surface area (Å²) >= 11 is 0. The van der Waals surface area contributed by atoms with Crippen molar-refractivity contribution in [3.05, 3.63) is 29.3 Å². The van der Waals surface area contributed by atoms with Crippen molar-refractivity contribution < 1.29 is 34.1 Å². The molecule has 0 bridgehead atoms. The quantitative estimate of drug-likeness (QED) is 0.179. The minimum atomic E-state index is -1.37. The summed E-state index contributed by atoms with van der Waals surface area (Å²) in [5.74, 6) is -1.22. The van der Waals surface area contributed by atoms with Crippen LogP contribution in [-0.2, 0) is 14.4 Å². The Morgan fingerprint density at radius 3 is 2.40 bits per heavy atom. The summed E-state index contributed by atoms with van der Waals surface area (Å²) in [6.45, 7) is 0.568. The number of aliphatic hydroxyl groups excluding tert-OH is 2. The van der Waals surface area contributed by atoms with Gasteiger partial charge < -0.3 is 30.8 Å². The standard InChI is InChI=1S/C25H37N3O7/c26-23(32)19(12-10-15-29)28-24(33)18-11-9-13-20(22(18)25(28)34)35-16-8-6-4-2-1-3-5-7-14-27-21(31)17-30/h9,11,13,15,19,25,30,34H,1-8,10,12,14,16-17H2,(H2,26,32)(H,27,31). The molecule has 0 fully saturated rings. The average molecular weight is 492 g/mol. The van der Waals surface area contributed by atoms with Gasteiger partial charge in [-0.25, -0.2) is 0 Å². The van der Waals surface area contributed by atoms with Gasteiger partial charge in [0, 0.05) is 13.0 Å². The minimum absolute atomic E-state index is 0.0477. The van der Waals surface area contributed by atoms with E-state index in [1.54, 1.807) is 18.2 Å². The first-order valence-corrected chi connectivity index (χ1v) is 12.3. The number of nitrogens with two attached hydrogens (primary N) is 1. The first-order chi connectivity index (χ1) is 16.9. The number of hydrogen-bond donors (Lipinski definition) is 4. The fourth-order valence-corrected chi connectivity index (χ4v) is 4.22. The van der Waals surface area contributed by atoms with Crippen molar-refractivity contribution >= 4 is 24.0 Å². The molecule has 0 saturated heterocycles. The number of amides is 3. The van der Waals surface area contributed by atoms with Gasteiger partial charge in [0.05, 0.1) is 17.7 Å². The first-order valence-electron chi connectivity index (χ1n) is 12.3. The summed E-state index contributed by atoms with van der Waals surface area (Å²) in [6.07, 6.45) is 7.55. The molecule has 1 heterocycles. The number of aliphatic hydroxyl groups is 2. The molecule has 10 heteroatoms. The fraction of sp³-hybridized carbons (Fsp3) is 0.600. The number of carbonyl (C=O) groups is 4. The molecule has 194 valence electrons. The van der Waals surface area contributed by atoms with Crippen LogP contribution >= 0.6 is 0 Å². The van der Waals surface area contributed by atoms with E-state index >= 15 is 0 Å². The van der Waals surface area contributed by atoms with E-state index in [2.05, 4.69) is 5.32 Å². The number of ether oxygens (including phenoxy) is 1. The van der Waals surface area contributed by atoms with Gasteiger partial charge in [-0.2, -0.15) is 0 Å². The molecule has 0 radical (unpaired) electrons. The molecule has 1 aromatic carbocycles. The summed E-state index contributed by atoms with van der Waals surface area (Å²) in [7, 11) is 0. The second kappa shape index (κ2) is 15.1. The van der Waals surface area contributed by atoms with Crippen LogP contribution in [0.1, 0.15) is 86.4 Å². The summed E-state index contributed by atoms with van der Waals surface area (Å²) in [4.78, 5) is 47.4. The average Bonchev–Trinajstić information content (AvgIpc) is 3.10. The van der Waals surface area contributed by atoms with E-state index in [4.69, 9.17) is 15.6 Å². The van der Waals surface area contributed by atoms with Crippen molar-refractivity contribution in [1.82, 2.24) is 10.2 Å². The zero-order valence-corrected chi connectivity index (χ0v) is 20.1. The lowest BCUT2D eigenvalue weighted by Gasteiger charge is -2.28. The van der Waals surface area contributed by atoms with Gasteiger partial charge in [0.1, 0.15) is 24.7 Å². The van der Waals surface area contributed by atoms with Crippen LogP contribution in [0.15, 0.2) is 18.2 Å². The van der Waals surface area contributed by atoms with E-state index in [0.29, 0.717) is 30.8 Å². The van der Waals surface area contributed by atoms with Crippen molar-refractivity contribution in [2.24, 2.45) is 5.73 Å². The lowest BCUT2D eigenvalue weighted by Crippen LogP contribution is -2.46. The molecule has 2 unspecified atom stereocenters. The zero-order valence-electron chi connectivity index (χ0n) is 20.1. The molecule has 10 nitrogen and oxygen atoms in total. The van der Waals surface area contributed by atoms with Gasteiger partial charge in [0.25, 0.3) is 5.91 Å². The van der Waals surface area contributed by atoms with E-state index in [0.717, 1.165) is 56.3 Å². The lowest BCUT2D eigenvalue weighted by molar-refractivity contribution is -0.126. The Bertz CT molecular complexity index is 861. The van der Waals surface area contributed by atoms with Gasteiger partial charge in [-0.15, -0.1) is 0 Å². The Hall–Kier alpha value is -2.98. The molecule has 1 aromatic rings. The molecule has 1 aliphatic rings. The smallest absolute Gasteiger partial charge is 0.257 e. The molecule has 2 atom stereocenters. The zero-order chi connectivity index (χ0) is 25.6. The van der Waals surface area contributed by atoms with E-state index in [-0.39, 0.29) is 24.3 Å². The van der Waals surface area contributed by atoms with Crippen LogP contribution in [0.3, 0.4) is 0 Å². The predicted octanol–water partition coefficient (Wildman–Crippen LogP) is 1.57. The first kappa shape index (κ1) is 28.3. The third-order valence-corrected chi connectivity index (χ3v) is 6.07. The monoisotopic (exact) mass is 491 g/mol. The molecule has 0 spiro atoms. The van der Waals surface area contributed by atoms with Crippen molar-refractivity contribution in [3.8, 4) is 5.75 Å². The molecule has 0 saturated carbocycles. The Morgan fingerprint density at radius 1 is 1.11 bits per heavy atom. The third-order valence-electron chi connectivity index (χ3n) is 6.07. The van der Waals surface area contributed by atoms with Crippen LogP contribution in [0.25, 0.3) is 0 Å². The highest BCUT2D eigenvalue weighted by molar-refractivity contribution is 6.02. The lowest BCUT2D eigenvalue weighted by atomic mass is 10.1. The van der Waals surface area contributed by atoms with E-state index in [1.807, 2.05) is 0 Å². The maximum Gasteiger partial charge on any atom is 0.257 e. The molecule has 0 aliphatic carbocycles. The highest BCUT2D eigenvalue weighted by Crippen LogP contribution is 2.40. The third kappa shape index (κ3) is 8.32. The number of rotatable bonds is 18. The molecular weight excluding hydrogens is 454 g/mol. The van der Waals surface area contributed by atoms with Gasteiger partial charge in [-0.05, 0) is 31.4 Å². The number of primary amides is 1. The van der Waals surface area contributed by atoms with Gasteiger partial charge in [0.15, 0.2) is 6.23 Å². The Morgan fingerprint density at radius 2 is 1.77 bits per heavy atom. The Labute approximate surface area is 205 Å². The Kier molecular flexibility index (Phi) is 12.2. The van der Waals surface area contributed by atoms with Gasteiger partial charge in [-0.1, -0.05) is 44.6 Å². The van der Waals surface area contributed by atoms with Crippen LogP contribution in [0.5, 0.6) is 5.75 Å². The summed E-state index contributed by atoms with van der Waals surface area (Å²) in [5, 5.41) is 22.1. The minimum Gasteiger partial charge on any atom is -0.493 e. The number of hydrogen-bond acceptors (Lipinski definition) is 7. The SMILES string of the molecule is NC(=O)C(CCC=O)N1C(=O)c2cccc(OCCCCCCCCCCNC(=O)CO)c2C1O. The van der Waals surface area contributed by atoms with Gasteiger partial charge in [-0.3, -0.25) is 19.3 Å². The predicted molar refractivity (Wildman–Crippen MR) is 128 cm³/mol. The second-order valence-corrected chi connectivity index (χ2v) is 8.65. The number of nitrogens with zero attached hydrogens (tertiary/aromatic N) is 1. The fourth-order valence-electron chi connectivity index (χ4n) is 4.22. The van der Waals surface area contributed by atoms with E-state index in [1.165, 1.54) is 0 Å². The molecule has 2 rings (SSSR count).